The van der Waals surface area contributed by atoms with Crippen molar-refractivity contribution in [3.05, 3.63) is 59.7 Å². The lowest BCUT2D eigenvalue weighted by Gasteiger charge is -2.23. The fourth-order valence-electron chi connectivity index (χ4n) is 3.87. The molecule has 3 N–H and O–H groups in total. The van der Waals surface area contributed by atoms with Gasteiger partial charge in [0.1, 0.15) is 6.61 Å². The first-order valence-corrected chi connectivity index (χ1v) is 10.9. The second kappa shape index (κ2) is 10.3. The monoisotopic (exact) mass is 438 g/mol. The Labute approximate surface area is 188 Å². The van der Waals surface area contributed by atoms with E-state index in [0.29, 0.717) is 0 Å². The molecule has 0 saturated heterocycles. The van der Waals surface area contributed by atoms with Crippen LogP contribution < -0.4 is 10.6 Å². The smallest absolute Gasteiger partial charge is 0.407 e. The number of amides is 2. The molecule has 1 aliphatic rings. The van der Waals surface area contributed by atoms with Gasteiger partial charge in [0, 0.05) is 24.9 Å². The van der Waals surface area contributed by atoms with Gasteiger partial charge in [0.15, 0.2) is 0 Å². The third-order valence-corrected chi connectivity index (χ3v) is 5.88. The van der Waals surface area contributed by atoms with Crippen molar-refractivity contribution in [3.63, 3.8) is 0 Å². The second-order valence-corrected chi connectivity index (χ2v) is 8.57. The van der Waals surface area contributed by atoms with Crippen LogP contribution in [-0.2, 0) is 14.3 Å². The normalized spacial score (nSPS) is 14.2. The molecule has 0 saturated carbocycles. The Morgan fingerprint density at radius 3 is 2.06 bits per heavy atom. The minimum Gasteiger partial charge on any atom is -0.481 e. The Balaban J connectivity index is 1.57. The van der Waals surface area contributed by atoms with Gasteiger partial charge >= 0.3 is 12.1 Å². The van der Waals surface area contributed by atoms with Crippen LogP contribution in [0.5, 0.6) is 0 Å². The molecular formula is C25H30N2O5. The number of ether oxygens (including phenoxy) is 1. The number of carbonyl (C=O) groups is 3. The SMILES string of the molecule is CC(CNC(=O)C[C@@H](NC(=O)OCC1c2ccccc2-c2ccccc21)C(C)C)C(=O)O. The van der Waals surface area contributed by atoms with Crippen molar-refractivity contribution in [3.8, 4) is 11.1 Å². The van der Waals surface area contributed by atoms with Gasteiger partial charge < -0.3 is 20.5 Å². The summed E-state index contributed by atoms with van der Waals surface area (Å²) in [5, 5.41) is 14.3. The molecule has 0 radical (unpaired) electrons. The lowest BCUT2D eigenvalue weighted by molar-refractivity contribution is -0.141. The Hall–Kier alpha value is -3.35. The molecular weight excluding hydrogens is 408 g/mol. The van der Waals surface area contributed by atoms with E-state index in [1.807, 2.05) is 38.1 Å². The summed E-state index contributed by atoms with van der Waals surface area (Å²) in [5.74, 6) is -1.99. The zero-order chi connectivity index (χ0) is 23.3. The third kappa shape index (κ3) is 5.46. The first kappa shape index (κ1) is 23.3. The maximum Gasteiger partial charge on any atom is 0.407 e. The van der Waals surface area contributed by atoms with Gasteiger partial charge in [-0.25, -0.2) is 4.79 Å². The zero-order valence-corrected chi connectivity index (χ0v) is 18.6. The van der Waals surface area contributed by atoms with Crippen LogP contribution in [0.25, 0.3) is 11.1 Å². The van der Waals surface area contributed by atoms with Crippen molar-refractivity contribution in [2.45, 2.75) is 39.2 Å². The highest BCUT2D eigenvalue weighted by atomic mass is 16.5. The van der Waals surface area contributed by atoms with Crippen LogP contribution in [0.3, 0.4) is 0 Å². The molecule has 32 heavy (non-hydrogen) atoms. The first-order chi connectivity index (χ1) is 15.3. The van der Waals surface area contributed by atoms with E-state index in [-0.39, 0.29) is 37.3 Å². The number of rotatable bonds is 9. The van der Waals surface area contributed by atoms with E-state index in [1.165, 1.54) is 6.92 Å². The van der Waals surface area contributed by atoms with Gasteiger partial charge in [-0.1, -0.05) is 69.3 Å². The summed E-state index contributed by atoms with van der Waals surface area (Å²) < 4.78 is 5.57. The van der Waals surface area contributed by atoms with Crippen LogP contribution in [0.4, 0.5) is 4.79 Å². The summed E-state index contributed by atoms with van der Waals surface area (Å²) in [7, 11) is 0. The summed E-state index contributed by atoms with van der Waals surface area (Å²) >= 11 is 0. The van der Waals surface area contributed by atoms with Gasteiger partial charge in [-0.05, 0) is 28.2 Å². The highest BCUT2D eigenvalue weighted by Crippen LogP contribution is 2.44. The summed E-state index contributed by atoms with van der Waals surface area (Å²) in [6.45, 7) is 5.58. The predicted molar refractivity (Wildman–Crippen MR) is 121 cm³/mol. The van der Waals surface area contributed by atoms with Crippen LogP contribution >= 0.6 is 0 Å². The van der Waals surface area contributed by atoms with Crippen LogP contribution in [0, 0.1) is 11.8 Å². The Bertz CT molecular complexity index is 942. The summed E-state index contributed by atoms with van der Waals surface area (Å²) in [6, 6.07) is 15.8. The highest BCUT2D eigenvalue weighted by molar-refractivity contribution is 5.80. The van der Waals surface area contributed by atoms with Crippen molar-refractivity contribution in [2.24, 2.45) is 11.8 Å². The molecule has 0 aromatic heterocycles. The van der Waals surface area contributed by atoms with Crippen molar-refractivity contribution in [1.82, 2.24) is 10.6 Å². The molecule has 2 atom stereocenters. The van der Waals surface area contributed by atoms with E-state index in [4.69, 9.17) is 9.84 Å². The van der Waals surface area contributed by atoms with Gasteiger partial charge in [-0.15, -0.1) is 0 Å². The molecule has 0 bridgehead atoms. The molecule has 7 nitrogen and oxygen atoms in total. The molecule has 1 unspecified atom stereocenters. The number of carbonyl (C=O) groups excluding carboxylic acids is 2. The number of hydrogen-bond acceptors (Lipinski definition) is 4. The largest absolute Gasteiger partial charge is 0.481 e. The molecule has 7 heteroatoms. The van der Waals surface area contributed by atoms with E-state index < -0.39 is 24.0 Å². The number of fused-ring (bicyclic) bond motifs is 3. The lowest BCUT2D eigenvalue weighted by atomic mass is 9.98. The average Bonchev–Trinajstić information content (AvgIpc) is 3.09. The fourth-order valence-corrected chi connectivity index (χ4v) is 3.87. The maximum atomic E-state index is 12.5. The zero-order valence-electron chi connectivity index (χ0n) is 18.6. The number of carboxylic acid groups (broad SMARTS) is 1. The Morgan fingerprint density at radius 2 is 1.53 bits per heavy atom. The number of hydrogen-bond donors (Lipinski definition) is 3. The topological polar surface area (TPSA) is 105 Å². The number of alkyl carbamates (subject to hydrolysis) is 1. The van der Waals surface area contributed by atoms with E-state index >= 15 is 0 Å². The summed E-state index contributed by atoms with van der Waals surface area (Å²) in [6.07, 6.45) is -0.522. The molecule has 0 aliphatic heterocycles. The third-order valence-electron chi connectivity index (χ3n) is 5.88. The van der Waals surface area contributed by atoms with Gasteiger partial charge in [-0.3, -0.25) is 9.59 Å². The summed E-state index contributed by atoms with van der Waals surface area (Å²) in [5.41, 5.74) is 4.58. The molecule has 2 aromatic rings. The standard InChI is InChI=1S/C25H30N2O5/c1-15(2)22(12-23(28)26-13-16(3)24(29)30)27-25(31)32-14-21-19-10-6-4-8-17(19)18-9-5-7-11-20(18)21/h4-11,15-16,21-22H,12-14H2,1-3H3,(H,26,28)(H,27,31)(H,29,30)/t16?,22-/m1/s1. The molecule has 170 valence electrons. The number of nitrogens with one attached hydrogen (secondary N) is 2. The summed E-state index contributed by atoms with van der Waals surface area (Å²) in [4.78, 5) is 35.6. The fraction of sp³-hybridized carbons (Fsp3) is 0.400. The Morgan fingerprint density at radius 1 is 0.969 bits per heavy atom. The predicted octanol–water partition coefficient (Wildman–Crippen LogP) is 3.78. The average molecular weight is 439 g/mol. The van der Waals surface area contributed by atoms with Crippen molar-refractivity contribution < 1.29 is 24.2 Å². The van der Waals surface area contributed by atoms with E-state index in [0.717, 1.165) is 22.3 Å². The quantitative estimate of drug-likeness (QED) is 0.553. The molecule has 0 heterocycles. The van der Waals surface area contributed by atoms with E-state index in [9.17, 15) is 14.4 Å². The molecule has 0 spiro atoms. The van der Waals surface area contributed by atoms with E-state index in [1.54, 1.807) is 0 Å². The Kier molecular flexibility index (Phi) is 7.51. The van der Waals surface area contributed by atoms with Gasteiger partial charge in [0.05, 0.1) is 5.92 Å². The maximum absolute atomic E-state index is 12.5. The van der Waals surface area contributed by atoms with Crippen LogP contribution in [-0.4, -0.2) is 42.3 Å². The van der Waals surface area contributed by atoms with Crippen LogP contribution in [0.15, 0.2) is 48.5 Å². The molecule has 2 amide bonds. The van der Waals surface area contributed by atoms with Crippen molar-refractivity contribution in [2.75, 3.05) is 13.2 Å². The van der Waals surface area contributed by atoms with E-state index in [2.05, 4.69) is 34.9 Å². The van der Waals surface area contributed by atoms with Crippen molar-refractivity contribution in [1.29, 1.82) is 0 Å². The van der Waals surface area contributed by atoms with Crippen LogP contribution in [0.2, 0.25) is 0 Å². The highest BCUT2D eigenvalue weighted by Gasteiger charge is 2.29. The van der Waals surface area contributed by atoms with Crippen LogP contribution in [0.1, 0.15) is 44.2 Å². The first-order valence-electron chi connectivity index (χ1n) is 10.9. The minimum atomic E-state index is -0.970. The van der Waals surface area contributed by atoms with Gasteiger partial charge in [0.25, 0.3) is 0 Å². The van der Waals surface area contributed by atoms with Crippen molar-refractivity contribution >= 4 is 18.0 Å². The number of benzene rings is 2. The number of carboxylic acids is 1. The molecule has 1 aliphatic carbocycles. The van der Waals surface area contributed by atoms with Gasteiger partial charge in [-0.2, -0.15) is 0 Å². The molecule has 2 aromatic carbocycles. The molecule has 3 rings (SSSR count). The minimum absolute atomic E-state index is 0.00173. The number of aliphatic carboxylic acids is 1. The molecule has 0 fully saturated rings. The van der Waals surface area contributed by atoms with Gasteiger partial charge in [0.2, 0.25) is 5.91 Å². The second-order valence-electron chi connectivity index (χ2n) is 8.57. The lowest BCUT2D eigenvalue weighted by Crippen LogP contribution is -2.43.